The van der Waals surface area contributed by atoms with Crippen LogP contribution in [0.5, 0.6) is 0 Å². The van der Waals surface area contributed by atoms with Gasteiger partial charge >= 0.3 is 0 Å². The summed E-state index contributed by atoms with van der Waals surface area (Å²) in [6, 6.07) is 12.4. The van der Waals surface area contributed by atoms with Gasteiger partial charge in [-0.3, -0.25) is 4.79 Å². The number of carbonyl (C=O) groups is 1. The minimum Gasteiger partial charge on any atom is -0.339 e. The predicted octanol–water partition coefficient (Wildman–Crippen LogP) is 3.47. The highest BCUT2D eigenvalue weighted by molar-refractivity contribution is 5.80. The van der Waals surface area contributed by atoms with Gasteiger partial charge in [0.25, 0.3) is 0 Å². The molecule has 174 valence electrons. The largest absolute Gasteiger partial charge is 0.339 e. The minimum atomic E-state index is -0.110. The second-order valence-corrected chi connectivity index (χ2v) is 10.9. The van der Waals surface area contributed by atoms with Crippen molar-refractivity contribution in [3.8, 4) is 6.07 Å². The Morgan fingerprint density at radius 2 is 1.88 bits per heavy atom. The first-order valence-electron chi connectivity index (χ1n) is 12.9. The Balaban J connectivity index is 1.23. The van der Waals surface area contributed by atoms with Crippen molar-refractivity contribution in [1.82, 2.24) is 15.6 Å². The van der Waals surface area contributed by atoms with Crippen molar-refractivity contribution in [2.24, 2.45) is 11.8 Å². The van der Waals surface area contributed by atoms with Gasteiger partial charge in [-0.2, -0.15) is 5.26 Å². The van der Waals surface area contributed by atoms with Crippen LogP contribution in [0.4, 0.5) is 5.69 Å². The number of carbonyl (C=O) groups excluding carboxylic acids is 1. The molecule has 5 fully saturated rings. The Bertz CT molecular complexity index is 956. The highest BCUT2D eigenvalue weighted by atomic mass is 16.2. The highest BCUT2D eigenvalue weighted by Crippen LogP contribution is 2.45. The molecule has 33 heavy (non-hydrogen) atoms. The van der Waals surface area contributed by atoms with Gasteiger partial charge in [0.15, 0.2) is 0 Å². The fourth-order valence-corrected chi connectivity index (χ4v) is 6.83. The second-order valence-electron chi connectivity index (χ2n) is 10.9. The fourth-order valence-electron chi connectivity index (χ4n) is 6.83. The summed E-state index contributed by atoms with van der Waals surface area (Å²) < 4.78 is 0. The number of hydrogen-bond donors (Lipinski definition) is 2. The molecule has 6 rings (SSSR count). The van der Waals surface area contributed by atoms with Gasteiger partial charge in [0.1, 0.15) is 0 Å². The number of benzene rings is 1. The van der Waals surface area contributed by atoms with Gasteiger partial charge in [-0.15, -0.1) is 0 Å². The Labute approximate surface area is 197 Å². The van der Waals surface area contributed by atoms with Crippen molar-refractivity contribution in [1.29, 1.82) is 5.26 Å². The summed E-state index contributed by atoms with van der Waals surface area (Å²) >= 11 is 0. The van der Waals surface area contributed by atoms with E-state index in [1.54, 1.807) is 0 Å². The van der Waals surface area contributed by atoms with Crippen molar-refractivity contribution in [2.75, 3.05) is 18.1 Å². The van der Waals surface area contributed by atoms with Crippen LogP contribution in [0, 0.1) is 23.2 Å². The lowest BCUT2D eigenvalue weighted by Gasteiger charge is -2.46. The normalized spacial score (nSPS) is 36.2. The molecule has 3 heterocycles. The molecule has 5 aliphatic rings. The molecule has 6 heteroatoms. The van der Waals surface area contributed by atoms with Crippen LogP contribution in [0.3, 0.4) is 0 Å². The molecule has 3 saturated heterocycles. The molecule has 1 amide bonds. The van der Waals surface area contributed by atoms with E-state index < -0.39 is 0 Å². The van der Waals surface area contributed by atoms with E-state index in [1.165, 1.54) is 29.7 Å². The van der Waals surface area contributed by atoms with Crippen LogP contribution < -0.4 is 15.8 Å². The molecule has 0 radical (unpaired) electrons. The summed E-state index contributed by atoms with van der Waals surface area (Å²) in [5.41, 5.74) is 7.87. The Kier molecular flexibility index (Phi) is 5.43. The van der Waals surface area contributed by atoms with Crippen LogP contribution in [0.25, 0.3) is 0 Å². The topological polar surface area (TPSA) is 71.4 Å². The van der Waals surface area contributed by atoms with Crippen LogP contribution in [0.2, 0.25) is 0 Å². The molecule has 0 aromatic heterocycles. The van der Waals surface area contributed by atoms with Crippen molar-refractivity contribution in [3.05, 3.63) is 42.0 Å². The van der Waals surface area contributed by atoms with Crippen molar-refractivity contribution < 1.29 is 4.79 Å². The number of nitrogens with one attached hydrogen (secondary N) is 2. The van der Waals surface area contributed by atoms with Crippen LogP contribution in [0.15, 0.2) is 36.4 Å². The molecule has 6 atom stereocenters. The number of likely N-dealkylation sites (tertiary alicyclic amines) is 1. The van der Waals surface area contributed by atoms with Crippen LogP contribution in [-0.2, 0) is 4.79 Å². The average Bonchev–Trinajstić information content (AvgIpc) is 3.65. The third kappa shape index (κ3) is 3.86. The quantitative estimate of drug-likeness (QED) is 0.697. The maximum absolute atomic E-state index is 13.7. The van der Waals surface area contributed by atoms with Crippen LogP contribution in [-0.4, -0.2) is 48.1 Å². The van der Waals surface area contributed by atoms with Crippen LogP contribution in [0.1, 0.15) is 62.8 Å². The van der Waals surface area contributed by atoms with Gasteiger partial charge in [0.05, 0.1) is 29.8 Å². The van der Waals surface area contributed by atoms with Crippen molar-refractivity contribution >= 4 is 11.6 Å². The summed E-state index contributed by atoms with van der Waals surface area (Å²) in [6.45, 7) is 5.79. The number of rotatable bonds is 3. The SMILES string of the molecule is C=C1CCC2NN(c3ccc(C4CC4)cc3)C3CCN(C(=O)C4CCC(C#N)NC4)[C@@H](C1)C23. The molecule has 1 aromatic carbocycles. The first-order chi connectivity index (χ1) is 16.1. The second kappa shape index (κ2) is 8.45. The lowest BCUT2D eigenvalue weighted by Crippen LogP contribution is -2.58. The van der Waals surface area contributed by atoms with Gasteiger partial charge in [0.2, 0.25) is 5.91 Å². The maximum Gasteiger partial charge on any atom is 0.227 e. The molecule has 3 aliphatic heterocycles. The molecule has 5 unspecified atom stereocenters. The van der Waals surface area contributed by atoms with Gasteiger partial charge in [0, 0.05) is 31.1 Å². The summed E-state index contributed by atoms with van der Waals surface area (Å²) in [6.07, 6.45) is 8.26. The lowest BCUT2D eigenvalue weighted by molar-refractivity contribution is -0.141. The van der Waals surface area contributed by atoms with E-state index in [0.29, 0.717) is 24.5 Å². The summed E-state index contributed by atoms with van der Waals surface area (Å²) in [5, 5.41) is 14.9. The number of nitrogens with zero attached hydrogens (tertiary/aromatic N) is 3. The maximum atomic E-state index is 13.7. The number of hydrazine groups is 1. The first-order valence-corrected chi connectivity index (χ1v) is 12.9. The number of hydrogen-bond acceptors (Lipinski definition) is 5. The standard InChI is InChI=1S/C27H35N5O/c1-17-2-11-23-26-24(32(30-23)22-9-6-19(7-10-22)18-3-4-18)12-13-31(25(26)14-17)27(33)20-5-8-21(15-28)29-16-20/h6-7,9-10,18,20-21,23-26,29-30H,1-5,8,11-14,16H2/t20?,21?,23?,24?,25-,26?/m0/s1. The molecular weight excluding hydrogens is 410 g/mol. The molecule has 2 N–H and O–H groups in total. The third-order valence-corrected chi connectivity index (χ3v) is 8.79. The van der Waals surface area contributed by atoms with Crippen LogP contribution >= 0.6 is 0 Å². The fraction of sp³-hybridized carbons (Fsp3) is 0.630. The molecule has 2 saturated carbocycles. The first kappa shape index (κ1) is 21.2. The zero-order chi connectivity index (χ0) is 22.5. The monoisotopic (exact) mass is 445 g/mol. The summed E-state index contributed by atoms with van der Waals surface area (Å²) in [4.78, 5) is 15.9. The molecule has 1 aromatic rings. The van der Waals surface area contributed by atoms with E-state index in [4.69, 9.17) is 0 Å². The van der Waals surface area contributed by atoms with E-state index in [0.717, 1.165) is 51.0 Å². The highest BCUT2D eigenvalue weighted by Gasteiger charge is 2.52. The summed E-state index contributed by atoms with van der Waals surface area (Å²) in [5.74, 6) is 1.47. The molecule has 0 bridgehead atoms. The molecular formula is C27H35N5O. The Hall–Kier alpha value is -2.36. The van der Waals surface area contributed by atoms with Crippen molar-refractivity contribution in [2.45, 2.75) is 81.5 Å². The van der Waals surface area contributed by atoms with E-state index in [1.807, 2.05) is 0 Å². The number of nitriles is 1. The Morgan fingerprint density at radius 1 is 1.06 bits per heavy atom. The molecule has 6 nitrogen and oxygen atoms in total. The van der Waals surface area contributed by atoms with Gasteiger partial charge in [-0.05, 0) is 75.0 Å². The van der Waals surface area contributed by atoms with Gasteiger partial charge in [-0.25, -0.2) is 5.43 Å². The predicted molar refractivity (Wildman–Crippen MR) is 128 cm³/mol. The smallest absolute Gasteiger partial charge is 0.227 e. The lowest BCUT2D eigenvalue weighted by atomic mass is 9.79. The van der Waals surface area contributed by atoms with E-state index >= 15 is 0 Å². The zero-order valence-corrected chi connectivity index (χ0v) is 19.4. The Morgan fingerprint density at radius 3 is 2.58 bits per heavy atom. The van der Waals surface area contributed by atoms with Crippen molar-refractivity contribution in [3.63, 3.8) is 0 Å². The van der Waals surface area contributed by atoms with E-state index in [9.17, 15) is 10.1 Å². The number of amides is 1. The number of piperidine rings is 2. The third-order valence-electron chi connectivity index (χ3n) is 8.79. The average molecular weight is 446 g/mol. The molecule has 2 aliphatic carbocycles. The molecule has 0 spiro atoms. The summed E-state index contributed by atoms with van der Waals surface area (Å²) in [7, 11) is 0. The van der Waals surface area contributed by atoms with Gasteiger partial charge < -0.3 is 15.2 Å². The van der Waals surface area contributed by atoms with E-state index in [-0.39, 0.29) is 23.9 Å². The van der Waals surface area contributed by atoms with E-state index in [2.05, 4.69) is 57.6 Å². The minimum absolute atomic E-state index is 0.0125. The zero-order valence-electron chi connectivity index (χ0n) is 19.4. The van der Waals surface area contributed by atoms with Gasteiger partial charge in [-0.1, -0.05) is 24.3 Å². The number of anilines is 1.